The third-order valence-electron chi connectivity index (χ3n) is 4.21. The van der Waals surface area contributed by atoms with E-state index in [1.807, 2.05) is 6.07 Å². The third-order valence-corrected chi connectivity index (χ3v) is 4.21. The fraction of sp³-hybridized carbons (Fsp3) is 0.625. The van der Waals surface area contributed by atoms with Gasteiger partial charge in [0.25, 0.3) is 0 Å². The van der Waals surface area contributed by atoms with Gasteiger partial charge in [0.2, 0.25) is 0 Å². The molecule has 1 aliphatic carbocycles. The third kappa shape index (κ3) is 3.75. The van der Waals surface area contributed by atoms with Crippen LogP contribution in [0, 0.1) is 5.92 Å². The second kappa shape index (κ2) is 6.61. The number of nitrogens with one attached hydrogen (secondary N) is 1. The van der Waals surface area contributed by atoms with Crippen LogP contribution >= 0.6 is 0 Å². The van der Waals surface area contributed by atoms with E-state index in [2.05, 4.69) is 12.2 Å². The Morgan fingerprint density at radius 2 is 1.95 bits per heavy atom. The van der Waals surface area contributed by atoms with Crippen LogP contribution in [0.25, 0.3) is 0 Å². The second-order valence-corrected chi connectivity index (χ2v) is 5.58. The summed E-state index contributed by atoms with van der Waals surface area (Å²) >= 11 is 0. The summed E-state index contributed by atoms with van der Waals surface area (Å²) in [5.41, 5.74) is 0.324. The Morgan fingerprint density at radius 1 is 1.20 bits per heavy atom. The van der Waals surface area contributed by atoms with Gasteiger partial charge in [0.05, 0.1) is 5.56 Å². The van der Waals surface area contributed by atoms with E-state index in [1.165, 1.54) is 18.6 Å². The molecule has 112 valence electrons. The molecule has 0 radical (unpaired) electrons. The second-order valence-electron chi connectivity index (χ2n) is 5.58. The Balaban J connectivity index is 2.19. The van der Waals surface area contributed by atoms with Gasteiger partial charge in [0, 0.05) is 0 Å². The molecular formula is C16H22F3N. The van der Waals surface area contributed by atoms with Crippen molar-refractivity contribution in [3.05, 3.63) is 35.4 Å². The van der Waals surface area contributed by atoms with Crippen molar-refractivity contribution in [1.82, 2.24) is 5.32 Å². The van der Waals surface area contributed by atoms with E-state index in [0.29, 0.717) is 5.92 Å². The van der Waals surface area contributed by atoms with Gasteiger partial charge in [-0.05, 0) is 49.4 Å². The first-order valence-corrected chi connectivity index (χ1v) is 7.40. The summed E-state index contributed by atoms with van der Waals surface area (Å²) in [6.07, 6.45) is 0.155. The summed E-state index contributed by atoms with van der Waals surface area (Å²) in [5, 5.41) is 3.34. The molecule has 1 fully saturated rings. The summed E-state index contributed by atoms with van der Waals surface area (Å²) < 4.78 is 38.5. The molecule has 0 spiro atoms. The molecule has 1 nitrogen and oxygen atoms in total. The van der Waals surface area contributed by atoms with E-state index in [1.54, 1.807) is 0 Å². The molecule has 20 heavy (non-hydrogen) atoms. The molecule has 2 atom stereocenters. The van der Waals surface area contributed by atoms with Crippen LogP contribution in [-0.4, -0.2) is 13.1 Å². The SMILES string of the molecule is CCNCC1CCCCC1c1cccc(C(F)(F)F)c1. The van der Waals surface area contributed by atoms with Crippen LogP contribution in [0.2, 0.25) is 0 Å². The Morgan fingerprint density at radius 3 is 2.65 bits per heavy atom. The summed E-state index contributed by atoms with van der Waals surface area (Å²) in [6, 6.07) is 5.89. The Labute approximate surface area is 118 Å². The Kier molecular flexibility index (Phi) is 5.08. The number of rotatable bonds is 4. The molecule has 4 heteroatoms. The lowest BCUT2D eigenvalue weighted by Gasteiger charge is -2.32. The van der Waals surface area contributed by atoms with E-state index in [0.717, 1.165) is 44.0 Å². The van der Waals surface area contributed by atoms with Crippen LogP contribution in [0.1, 0.15) is 49.7 Å². The summed E-state index contributed by atoms with van der Waals surface area (Å²) in [6.45, 7) is 3.87. The summed E-state index contributed by atoms with van der Waals surface area (Å²) in [7, 11) is 0. The zero-order valence-electron chi connectivity index (χ0n) is 11.8. The normalized spacial score (nSPS) is 23.8. The zero-order valence-corrected chi connectivity index (χ0v) is 11.8. The average molecular weight is 285 g/mol. The van der Waals surface area contributed by atoms with Crippen molar-refractivity contribution < 1.29 is 13.2 Å². The van der Waals surface area contributed by atoms with Crippen molar-refractivity contribution in [3.8, 4) is 0 Å². The van der Waals surface area contributed by atoms with Crippen molar-refractivity contribution in [2.75, 3.05) is 13.1 Å². The number of halogens is 3. The molecule has 2 rings (SSSR count). The van der Waals surface area contributed by atoms with Crippen LogP contribution in [0.4, 0.5) is 13.2 Å². The molecule has 1 aromatic rings. The molecule has 0 saturated heterocycles. The highest BCUT2D eigenvalue weighted by atomic mass is 19.4. The quantitative estimate of drug-likeness (QED) is 0.853. The van der Waals surface area contributed by atoms with Crippen molar-refractivity contribution in [2.45, 2.75) is 44.7 Å². The molecule has 0 bridgehead atoms. The molecule has 0 aromatic heterocycles. The van der Waals surface area contributed by atoms with Gasteiger partial charge in [0.15, 0.2) is 0 Å². The lowest BCUT2D eigenvalue weighted by molar-refractivity contribution is -0.137. The highest BCUT2D eigenvalue weighted by molar-refractivity contribution is 5.29. The van der Waals surface area contributed by atoms with Gasteiger partial charge in [-0.3, -0.25) is 0 Å². The van der Waals surface area contributed by atoms with Gasteiger partial charge in [0.1, 0.15) is 0 Å². The molecule has 1 aliphatic rings. The molecule has 0 aliphatic heterocycles. The molecule has 1 saturated carbocycles. The average Bonchev–Trinajstić information content (AvgIpc) is 2.45. The number of hydrogen-bond acceptors (Lipinski definition) is 1. The van der Waals surface area contributed by atoms with Crippen LogP contribution in [0.15, 0.2) is 24.3 Å². The van der Waals surface area contributed by atoms with Crippen LogP contribution in [0.5, 0.6) is 0 Å². The van der Waals surface area contributed by atoms with Gasteiger partial charge < -0.3 is 5.32 Å². The minimum atomic E-state index is -4.25. The number of benzene rings is 1. The van der Waals surface area contributed by atoms with E-state index in [-0.39, 0.29) is 5.92 Å². The van der Waals surface area contributed by atoms with Crippen molar-refractivity contribution >= 4 is 0 Å². The van der Waals surface area contributed by atoms with Gasteiger partial charge >= 0.3 is 6.18 Å². The van der Waals surface area contributed by atoms with Gasteiger partial charge in [-0.25, -0.2) is 0 Å². The maximum Gasteiger partial charge on any atom is 0.416 e. The van der Waals surface area contributed by atoms with Gasteiger partial charge in [-0.1, -0.05) is 38.0 Å². The molecule has 1 N–H and O–H groups in total. The van der Waals surface area contributed by atoms with Crippen molar-refractivity contribution in [2.24, 2.45) is 5.92 Å². The highest BCUT2D eigenvalue weighted by Crippen LogP contribution is 2.39. The summed E-state index contributed by atoms with van der Waals surface area (Å²) in [5.74, 6) is 0.706. The van der Waals surface area contributed by atoms with E-state index in [4.69, 9.17) is 0 Å². The lowest BCUT2D eigenvalue weighted by Crippen LogP contribution is -2.29. The van der Waals surface area contributed by atoms with E-state index >= 15 is 0 Å². The monoisotopic (exact) mass is 285 g/mol. The molecular weight excluding hydrogens is 263 g/mol. The van der Waals surface area contributed by atoms with Crippen LogP contribution in [-0.2, 0) is 6.18 Å². The van der Waals surface area contributed by atoms with E-state index < -0.39 is 11.7 Å². The Bertz CT molecular complexity index is 428. The fourth-order valence-electron chi connectivity index (χ4n) is 3.17. The zero-order chi connectivity index (χ0) is 14.6. The number of hydrogen-bond donors (Lipinski definition) is 1. The minimum Gasteiger partial charge on any atom is -0.317 e. The van der Waals surface area contributed by atoms with Crippen LogP contribution < -0.4 is 5.32 Å². The maximum atomic E-state index is 12.8. The highest BCUT2D eigenvalue weighted by Gasteiger charge is 2.32. The summed E-state index contributed by atoms with van der Waals surface area (Å²) in [4.78, 5) is 0. The first kappa shape index (κ1) is 15.4. The topological polar surface area (TPSA) is 12.0 Å². The molecule has 2 unspecified atom stereocenters. The molecule has 0 amide bonds. The van der Waals surface area contributed by atoms with E-state index in [9.17, 15) is 13.2 Å². The molecule has 1 aromatic carbocycles. The minimum absolute atomic E-state index is 0.255. The van der Waals surface area contributed by atoms with Crippen LogP contribution in [0.3, 0.4) is 0 Å². The largest absolute Gasteiger partial charge is 0.416 e. The predicted octanol–water partition coefficient (Wildman–Crippen LogP) is 4.59. The first-order valence-electron chi connectivity index (χ1n) is 7.40. The standard InChI is InChI=1S/C16H22F3N/c1-2-20-11-13-6-3-4-9-15(13)12-7-5-8-14(10-12)16(17,18)19/h5,7-8,10,13,15,20H,2-4,6,9,11H2,1H3. The van der Waals surface area contributed by atoms with Crippen molar-refractivity contribution in [1.29, 1.82) is 0 Å². The molecule has 0 heterocycles. The smallest absolute Gasteiger partial charge is 0.317 e. The number of alkyl halides is 3. The first-order chi connectivity index (χ1) is 9.52. The van der Waals surface area contributed by atoms with Gasteiger partial charge in [-0.2, -0.15) is 13.2 Å². The maximum absolute atomic E-state index is 12.8. The van der Waals surface area contributed by atoms with Gasteiger partial charge in [-0.15, -0.1) is 0 Å². The Hall–Kier alpha value is -1.03. The van der Waals surface area contributed by atoms with Crippen molar-refractivity contribution in [3.63, 3.8) is 0 Å². The lowest BCUT2D eigenvalue weighted by atomic mass is 9.75. The predicted molar refractivity (Wildman–Crippen MR) is 74.7 cm³/mol. The fourth-order valence-corrected chi connectivity index (χ4v) is 3.17.